The molecule has 18 heavy (non-hydrogen) atoms. The first-order chi connectivity index (χ1) is 8.48. The molecule has 0 aliphatic rings. The topological polar surface area (TPSA) is 138 Å². The lowest BCUT2D eigenvalue weighted by Gasteiger charge is -2.05. The van der Waals surface area contributed by atoms with E-state index in [2.05, 4.69) is 25.9 Å². The number of benzene rings is 1. The molecule has 0 radical (unpaired) electrons. The van der Waals surface area contributed by atoms with E-state index >= 15 is 0 Å². The molecule has 1 amide bonds. The number of amides is 1. The third-order valence-corrected chi connectivity index (χ3v) is 2.90. The molecule has 3 N–H and O–H groups in total. The highest BCUT2D eigenvalue weighted by Crippen LogP contribution is 2.15. The molecule has 0 spiro atoms. The highest BCUT2D eigenvalue weighted by molar-refractivity contribution is 7.86. The molecule has 0 saturated carbocycles. The van der Waals surface area contributed by atoms with Gasteiger partial charge in [0.15, 0.2) is 0 Å². The van der Waals surface area contributed by atoms with Gasteiger partial charge in [0.2, 0.25) is 5.95 Å². The average molecular weight is 269 g/mol. The van der Waals surface area contributed by atoms with Crippen LogP contribution in [0.25, 0.3) is 0 Å². The molecule has 2 aromatic rings. The zero-order chi connectivity index (χ0) is 13.2. The Balaban J connectivity index is 2.37. The van der Waals surface area contributed by atoms with Crippen molar-refractivity contribution >= 4 is 22.0 Å². The van der Waals surface area contributed by atoms with Gasteiger partial charge in [-0.2, -0.15) is 8.42 Å². The summed E-state index contributed by atoms with van der Waals surface area (Å²) >= 11 is 0. The van der Waals surface area contributed by atoms with Gasteiger partial charge in [-0.1, -0.05) is 17.2 Å². The smallest absolute Gasteiger partial charge is 0.289 e. The summed E-state index contributed by atoms with van der Waals surface area (Å²) in [5.74, 6) is -0.799. The number of aromatic nitrogens is 4. The van der Waals surface area contributed by atoms with Crippen LogP contribution in [0.2, 0.25) is 0 Å². The number of hydrogen-bond acceptors (Lipinski definition) is 6. The largest absolute Gasteiger partial charge is 0.295 e. The van der Waals surface area contributed by atoms with Crippen molar-refractivity contribution in [3.8, 4) is 0 Å². The molecular weight excluding hydrogens is 262 g/mol. The molecule has 2 rings (SSSR count). The normalized spacial score (nSPS) is 11.2. The maximum atomic E-state index is 11.8. The number of hydrogen-bond donors (Lipinski definition) is 3. The molecule has 0 bridgehead atoms. The summed E-state index contributed by atoms with van der Waals surface area (Å²) in [5, 5.41) is 14.4. The van der Waals surface area contributed by atoms with E-state index in [4.69, 9.17) is 4.55 Å². The Morgan fingerprint density at radius 2 is 2.06 bits per heavy atom. The number of aromatic amines is 1. The lowest BCUT2D eigenvalue weighted by Crippen LogP contribution is -2.17. The van der Waals surface area contributed by atoms with Gasteiger partial charge in [0.25, 0.3) is 16.0 Å². The summed E-state index contributed by atoms with van der Waals surface area (Å²) in [4.78, 5) is 11.3. The van der Waals surface area contributed by atoms with Gasteiger partial charge in [-0.05, 0) is 22.6 Å². The Morgan fingerprint density at radius 1 is 1.33 bits per heavy atom. The standard InChI is InChI=1S/C8H7N5O4S/c14-7(9-8-10-12-13-11-8)5-3-1-2-4-6(5)18(15,16)17/h1-4H,(H,15,16,17)(H2,9,10,11,12,13,14). The van der Waals surface area contributed by atoms with Gasteiger partial charge in [-0.15, -0.1) is 0 Å². The lowest BCUT2D eigenvalue weighted by molar-refractivity contribution is 0.102. The van der Waals surface area contributed by atoms with Crippen LogP contribution in [0, 0.1) is 0 Å². The van der Waals surface area contributed by atoms with Crippen LogP contribution in [0.1, 0.15) is 10.4 Å². The highest BCUT2D eigenvalue weighted by Gasteiger charge is 2.20. The fourth-order valence-corrected chi connectivity index (χ4v) is 1.96. The second kappa shape index (κ2) is 4.50. The van der Waals surface area contributed by atoms with Gasteiger partial charge in [0.05, 0.1) is 5.56 Å². The molecule has 1 aromatic carbocycles. The van der Waals surface area contributed by atoms with Gasteiger partial charge in [-0.25, -0.2) is 5.10 Å². The second-order valence-electron chi connectivity index (χ2n) is 3.18. The van der Waals surface area contributed by atoms with Gasteiger partial charge < -0.3 is 0 Å². The number of tetrazole rings is 1. The number of rotatable bonds is 3. The third kappa shape index (κ3) is 2.49. The quantitative estimate of drug-likeness (QED) is 0.650. The summed E-state index contributed by atoms with van der Waals surface area (Å²) in [6.45, 7) is 0. The summed E-state index contributed by atoms with van der Waals surface area (Å²) in [5.41, 5.74) is -0.212. The van der Waals surface area contributed by atoms with Gasteiger partial charge in [-0.3, -0.25) is 14.7 Å². The van der Waals surface area contributed by atoms with E-state index in [0.29, 0.717) is 0 Å². The average Bonchev–Trinajstić information content (AvgIpc) is 2.80. The number of H-pyrrole nitrogens is 1. The molecule has 0 aliphatic heterocycles. The van der Waals surface area contributed by atoms with Crippen LogP contribution >= 0.6 is 0 Å². The summed E-state index contributed by atoms with van der Waals surface area (Å²) < 4.78 is 31.2. The van der Waals surface area contributed by atoms with Crippen molar-refractivity contribution in [3.05, 3.63) is 29.8 Å². The molecule has 94 valence electrons. The van der Waals surface area contributed by atoms with Gasteiger partial charge >= 0.3 is 0 Å². The molecule has 1 aromatic heterocycles. The molecule has 0 unspecified atom stereocenters. The molecule has 9 nitrogen and oxygen atoms in total. The van der Waals surface area contributed by atoms with Gasteiger partial charge in [0, 0.05) is 0 Å². The van der Waals surface area contributed by atoms with Gasteiger partial charge in [0.1, 0.15) is 4.90 Å². The summed E-state index contributed by atoms with van der Waals surface area (Å²) in [6, 6.07) is 5.21. The maximum absolute atomic E-state index is 11.8. The molecule has 0 saturated heterocycles. The van der Waals surface area contributed by atoms with Crippen molar-refractivity contribution in [1.29, 1.82) is 0 Å². The number of anilines is 1. The predicted molar refractivity (Wildman–Crippen MR) is 58.4 cm³/mol. The van der Waals surface area contributed by atoms with E-state index in [0.717, 1.165) is 6.07 Å². The van der Waals surface area contributed by atoms with E-state index in [1.165, 1.54) is 18.2 Å². The number of carbonyl (C=O) groups excluding carboxylic acids is 1. The van der Waals surface area contributed by atoms with E-state index in [-0.39, 0.29) is 11.5 Å². The van der Waals surface area contributed by atoms with Crippen molar-refractivity contribution in [1.82, 2.24) is 20.6 Å². The summed E-state index contributed by atoms with van der Waals surface area (Å²) in [7, 11) is -4.48. The number of nitrogens with one attached hydrogen (secondary N) is 2. The van der Waals surface area contributed by atoms with Crippen molar-refractivity contribution < 1.29 is 17.8 Å². The zero-order valence-electron chi connectivity index (χ0n) is 8.73. The van der Waals surface area contributed by atoms with Crippen LogP contribution in [0.15, 0.2) is 29.2 Å². The minimum atomic E-state index is -4.48. The first-order valence-corrected chi connectivity index (χ1v) is 6.04. The molecule has 10 heteroatoms. The van der Waals surface area contributed by atoms with E-state index in [1.807, 2.05) is 0 Å². The molecule has 1 heterocycles. The Labute approximate surface area is 101 Å². The Kier molecular flexibility index (Phi) is 3.04. The van der Waals surface area contributed by atoms with Crippen molar-refractivity contribution in [3.63, 3.8) is 0 Å². The molecule has 0 fully saturated rings. The van der Waals surface area contributed by atoms with E-state index < -0.39 is 20.9 Å². The Hall–Kier alpha value is -2.33. The van der Waals surface area contributed by atoms with Crippen LogP contribution in [0.3, 0.4) is 0 Å². The van der Waals surface area contributed by atoms with E-state index in [9.17, 15) is 13.2 Å². The van der Waals surface area contributed by atoms with Crippen molar-refractivity contribution in [2.75, 3.05) is 5.32 Å². The van der Waals surface area contributed by atoms with E-state index in [1.54, 1.807) is 0 Å². The second-order valence-corrected chi connectivity index (χ2v) is 4.57. The van der Waals surface area contributed by atoms with Crippen LogP contribution in [0.4, 0.5) is 5.95 Å². The van der Waals surface area contributed by atoms with Crippen LogP contribution in [0.5, 0.6) is 0 Å². The number of carbonyl (C=O) groups is 1. The van der Waals surface area contributed by atoms with Crippen LogP contribution < -0.4 is 5.32 Å². The SMILES string of the molecule is O=C(Nc1nnn[nH]1)c1ccccc1S(=O)(=O)O. The predicted octanol–water partition coefficient (Wildman–Crippen LogP) is -0.301. The zero-order valence-corrected chi connectivity index (χ0v) is 9.55. The van der Waals surface area contributed by atoms with Crippen LogP contribution in [-0.4, -0.2) is 39.5 Å². The van der Waals surface area contributed by atoms with Crippen molar-refractivity contribution in [2.24, 2.45) is 0 Å². The minimum absolute atomic E-state index is 0.0369. The first kappa shape index (κ1) is 12.1. The Morgan fingerprint density at radius 3 is 2.67 bits per heavy atom. The lowest BCUT2D eigenvalue weighted by atomic mass is 10.2. The molecule has 0 atom stereocenters. The summed E-state index contributed by atoms with van der Waals surface area (Å²) in [6.07, 6.45) is 0. The minimum Gasteiger partial charge on any atom is -0.289 e. The van der Waals surface area contributed by atoms with Crippen molar-refractivity contribution in [2.45, 2.75) is 4.90 Å². The molecule has 0 aliphatic carbocycles. The first-order valence-electron chi connectivity index (χ1n) is 4.60. The fourth-order valence-electron chi connectivity index (χ4n) is 1.27. The number of nitrogens with zero attached hydrogens (tertiary/aromatic N) is 3. The monoisotopic (exact) mass is 269 g/mol. The fraction of sp³-hybridized carbons (Fsp3) is 0. The van der Waals surface area contributed by atoms with Crippen LogP contribution in [-0.2, 0) is 10.1 Å². The highest BCUT2D eigenvalue weighted by atomic mass is 32.2. The molecular formula is C8H7N5O4S. The third-order valence-electron chi connectivity index (χ3n) is 1.99. The Bertz CT molecular complexity index is 667. The maximum Gasteiger partial charge on any atom is 0.295 e.